The van der Waals surface area contributed by atoms with Crippen molar-refractivity contribution in [2.75, 3.05) is 18.9 Å². The number of amidine groups is 1. The van der Waals surface area contributed by atoms with Crippen LogP contribution >= 0.6 is 15.6 Å². The highest BCUT2D eigenvalue weighted by atomic mass is 31.2. The van der Waals surface area contributed by atoms with Crippen LogP contribution in [-0.4, -0.2) is 119 Å². The molecule has 5 aliphatic rings. The lowest BCUT2D eigenvalue weighted by molar-refractivity contribution is -0.119. The number of nitrogens with two attached hydrogens (primary N) is 1. The first-order valence-corrected chi connectivity index (χ1v) is 16.0. The quantitative estimate of drug-likeness (QED) is 0.151. The number of phosphoric ester groups is 2. The Kier molecular flexibility index (Phi) is 7.22. The molecule has 7 heterocycles. The van der Waals surface area contributed by atoms with Gasteiger partial charge < -0.3 is 30.1 Å². The number of imidazole rings is 1. The van der Waals surface area contributed by atoms with Gasteiger partial charge in [-0.05, 0) is 5.57 Å². The van der Waals surface area contributed by atoms with Crippen molar-refractivity contribution in [3.63, 3.8) is 0 Å². The molecule has 1 amide bonds. The number of hydrogen-bond donors (Lipinski definition) is 6. The number of carbonyl (C=O) groups is 1. The molecule has 0 aliphatic carbocycles. The first-order valence-electron chi connectivity index (χ1n) is 13.0. The number of aliphatic hydroxyl groups excluding tert-OH is 1. The van der Waals surface area contributed by atoms with E-state index in [2.05, 4.69) is 36.8 Å². The second kappa shape index (κ2) is 10.8. The molecule has 7 rings (SSSR count). The molecule has 0 radical (unpaired) electrons. The lowest BCUT2D eigenvalue weighted by Crippen LogP contribution is -2.52. The summed E-state index contributed by atoms with van der Waals surface area (Å²) in [4.78, 5) is 55.0. The number of guanidine groups is 1. The molecule has 3 saturated heterocycles. The van der Waals surface area contributed by atoms with Crippen molar-refractivity contribution in [3.8, 4) is 0 Å². The highest BCUT2D eigenvalue weighted by Gasteiger charge is 2.54. The second-order valence-corrected chi connectivity index (χ2v) is 13.0. The van der Waals surface area contributed by atoms with E-state index in [0.29, 0.717) is 0 Å². The van der Waals surface area contributed by atoms with Gasteiger partial charge in [-0.15, -0.1) is 0 Å². The van der Waals surface area contributed by atoms with Crippen molar-refractivity contribution in [3.05, 3.63) is 24.8 Å². The Morgan fingerprint density at radius 3 is 2.64 bits per heavy atom. The molecular formula is C21H24N10O12P2. The number of carbonyl (C=O) groups excluding carboxylic acids is 1. The summed E-state index contributed by atoms with van der Waals surface area (Å²) < 4.78 is 60.6. The first-order chi connectivity index (χ1) is 21.3. The standard InChI is InChI=1S/C21H24N10O12P2/c1-7-8-2-38-45(36,37)43-14-9(41-19(12(14)32)30-5-26-10-15(22)24-4-25-16(10)30)3-39-44(34,35)42-13(7)20(40-8)31-6-27-11-17(31)28-21(23)29-18(11)33/h4-6,8-9,11-14,19-20,32H,1-3H2,(H,34,35)(H,36,37)(H2,22,24,25)(H2,23,29,33)/t8-,9-,11?,12-,13-,14-,19-,20-/m1/s1. The number of rotatable bonds is 2. The average molecular weight is 670 g/mol. The zero-order valence-corrected chi connectivity index (χ0v) is 24.4. The third kappa shape index (κ3) is 5.28. The van der Waals surface area contributed by atoms with Crippen molar-refractivity contribution in [1.29, 1.82) is 5.41 Å². The molecule has 2 aromatic heterocycles. The molecule has 10 atom stereocenters. The predicted octanol–water partition coefficient (Wildman–Crippen LogP) is -1.86. The van der Waals surface area contributed by atoms with Gasteiger partial charge in [0.25, 0.3) is 5.91 Å². The molecule has 5 aliphatic heterocycles. The molecule has 240 valence electrons. The van der Waals surface area contributed by atoms with Gasteiger partial charge in [0.15, 0.2) is 35.8 Å². The van der Waals surface area contributed by atoms with Crippen molar-refractivity contribution < 1.29 is 56.4 Å². The summed E-state index contributed by atoms with van der Waals surface area (Å²) in [5, 5.41) is 21.1. The highest BCUT2D eigenvalue weighted by Crippen LogP contribution is 2.53. The maximum absolute atomic E-state index is 13.2. The number of amides is 1. The van der Waals surface area contributed by atoms with Crippen LogP contribution < -0.4 is 11.1 Å². The van der Waals surface area contributed by atoms with Crippen LogP contribution in [0.4, 0.5) is 5.82 Å². The number of hydrogen-bond acceptors (Lipinski definition) is 17. The molecule has 22 nitrogen and oxygen atoms in total. The summed E-state index contributed by atoms with van der Waals surface area (Å²) in [6.45, 7) is 2.38. The normalized spacial score (nSPS) is 40.4. The molecule has 7 N–H and O–H groups in total. The third-order valence-electron chi connectivity index (χ3n) is 7.44. The highest BCUT2D eigenvalue weighted by molar-refractivity contribution is 7.47. The number of aliphatic imine (C=N–C) groups is 2. The Balaban J connectivity index is 1.18. The zero-order chi connectivity index (χ0) is 31.8. The van der Waals surface area contributed by atoms with Gasteiger partial charge in [-0.2, -0.15) is 4.99 Å². The van der Waals surface area contributed by atoms with Crippen LogP contribution in [0.1, 0.15) is 6.23 Å². The minimum atomic E-state index is -5.02. The number of ether oxygens (including phenoxy) is 2. The lowest BCUT2D eigenvalue weighted by atomic mass is 10.1. The summed E-state index contributed by atoms with van der Waals surface area (Å²) in [6, 6.07) is -1.13. The van der Waals surface area contributed by atoms with Crippen molar-refractivity contribution >= 4 is 56.7 Å². The Labute approximate surface area is 251 Å². The minimum absolute atomic E-state index is 0.00491. The maximum atomic E-state index is 13.2. The Hall–Kier alpha value is -3.53. The summed E-state index contributed by atoms with van der Waals surface area (Å²) in [5.74, 6) is -1.10. The van der Waals surface area contributed by atoms with E-state index in [0.717, 1.165) is 6.33 Å². The number of anilines is 1. The largest absolute Gasteiger partial charge is 0.473 e. The topological polar surface area (TPSA) is 301 Å². The van der Waals surface area contributed by atoms with Crippen LogP contribution in [-0.2, 0) is 41.5 Å². The van der Waals surface area contributed by atoms with Gasteiger partial charge in [-0.3, -0.25) is 48.1 Å². The zero-order valence-electron chi connectivity index (χ0n) is 22.6. The average Bonchev–Trinajstić information content (AvgIpc) is 3.72. The number of aromatic nitrogens is 4. The van der Waals surface area contributed by atoms with Crippen LogP contribution in [0.5, 0.6) is 0 Å². The SMILES string of the molecule is C=C1[C@H]2OP(=O)(O)OC[C@H]3O[C@@H](n4cnc5c(N)ncnc54)[C@H](O)[C@@H]3OP(=O)(O)OC[C@H]1O[C@H]2N1C=NC2C(=O)NC(=N)N=C21. The number of nitrogen functional groups attached to an aromatic ring is 1. The van der Waals surface area contributed by atoms with E-state index in [1.165, 1.54) is 22.1 Å². The van der Waals surface area contributed by atoms with Gasteiger partial charge in [0, 0.05) is 0 Å². The van der Waals surface area contributed by atoms with Crippen LogP contribution in [0.3, 0.4) is 0 Å². The van der Waals surface area contributed by atoms with Gasteiger partial charge in [0.05, 0.1) is 25.9 Å². The smallest absolute Gasteiger partial charge is 0.386 e. The van der Waals surface area contributed by atoms with Gasteiger partial charge in [-0.25, -0.2) is 24.1 Å². The van der Waals surface area contributed by atoms with Gasteiger partial charge in [0.2, 0.25) is 5.96 Å². The van der Waals surface area contributed by atoms with E-state index in [-0.39, 0.29) is 28.4 Å². The fourth-order valence-electron chi connectivity index (χ4n) is 5.36. The van der Waals surface area contributed by atoms with Crippen LogP contribution in [0.25, 0.3) is 11.2 Å². The van der Waals surface area contributed by atoms with Crippen LogP contribution in [0.15, 0.2) is 34.8 Å². The Morgan fingerprint density at radius 1 is 1.09 bits per heavy atom. The van der Waals surface area contributed by atoms with Crippen LogP contribution in [0.2, 0.25) is 0 Å². The van der Waals surface area contributed by atoms with E-state index in [1.54, 1.807) is 0 Å². The predicted molar refractivity (Wildman–Crippen MR) is 146 cm³/mol. The molecule has 24 heteroatoms. The number of aliphatic hydroxyl groups is 1. The summed E-state index contributed by atoms with van der Waals surface area (Å²) in [5.41, 5.74) is 6.18. The fraction of sp³-hybridized carbons (Fsp3) is 0.476. The maximum Gasteiger partial charge on any atom is 0.473 e. The Morgan fingerprint density at radius 2 is 1.84 bits per heavy atom. The minimum Gasteiger partial charge on any atom is -0.386 e. The summed E-state index contributed by atoms with van der Waals surface area (Å²) >= 11 is 0. The first kappa shape index (κ1) is 30.1. The molecule has 0 saturated carbocycles. The van der Waals surface area contributed by atoms with Crippen LogP contribution in [0, 0.1) is 5.41 Å². The fourth-order valence-corrected chi connectivity index (χ4v) is 7.24. The molecule has 45 heavy (non-hydrogen) atoms. The van der Waals surface area contributed by atoms with E-state index in [1.807, 2.05) is 0 Å². The molecule has 2 bridgehead atoms. The third-order valence-corrected chi connectivity index (χ3v) is 9.40. The second-order valence-electron chi connectivity index (χ2n) is 10.2. The van der Waals surface area contributed by atoms with Crippen molar-refractivity contribution in [1.82, 2.24) is 29.7 Å². The number of phosphoric acid groups is 2. The van der Waals surface area contributed by atoms with Gasteiger partial charge >= 0.3 is 15.6 Å². The number of nitrogens with zero attached hydrogens (tertiary/aromatic N) is 7. The van der Waals surface area contributed by atoms with Crippen molar-refractivity contribution in [2.45, 2.75) is 49.0 Å². The van der Waals surface area contributed by atoms with Gasteiger partial charge in [0.1, 0.15) is 42.4 Å². The van der Waals surface area contributed by atoms with E-state index >= 15 is 0 Å². The lowest BCUT2D eigenvalue weighted by Gasteiger charge is -2.30. The summed E-state index contributed by atoms with van der Waals surface area (Å²) in [6.07, 6.45) is -6.58. The summed E-state index contributed by atoms with van der Waals surface area (Å²) in [7, 11) is -10.0. The molecule has 0 spiro atoms. The molecule has 3 fully saturated rings. The molecular weight excluding hydrogens is 646 g/mol. The number of fused-ring (bicyclic) bond motifs is 5. The van der Waals surface area contributed by atoms with Gasteiger partial charge in [-0.1, -0.05) is 6.58 Å². The monoisotopic (exact) mass is 670 g/mol. The van der Waals surface area contributed by atoms with E-state index < -0.39 is 89.7 Å². The van der Waals surface area contributed by atoms with Crippen molar-refractivity contribution in [2.24, 2.45) is 9.98 Å². The molecule has 3 unspecified atom stereocenters. The molecule has 2 aromatic rings. The Bertz CT molecular complexity index is 1770. The molecule has 0 aromatic carbocycles. The van der Waals surface area contributed by atoms with E-state index in [4.69, 9.17) is 38.7 Å². The number of nitrogens with one attached hydrogen (secondary N) is 2. The van der Waals surface area contributed by atoms with E-state index in [9.17, 15) is 28.8 Å².